The number of nitrogens with zero attached hydrogens (tertiary/aromatic N) is 2. The minimum Gasteiger partial charge on any atom is -1.00 e. The summed E-state index contributed by atoms with van der Waals surface area (Å²) in [6, 6.07) is 0. The maximum Gasteiger partial charge on any atom is -1.00 e. The fourth-order valence-corrected chi connectivity index (χ4v) is 11.3. The van der Waals surface area contributed by atoms with Crippen molar-refractivity contribution in [3.8, 4) is 0 Å². The van der Waals surface area contributed by atoms with Crippen LogP contribution in [-0.4, -0.2) is 39.5 Å². The molecule has 0 aromatic heterocycles. The molecule has 0 radical (unpaired) electrons. The molecule has 308 valence electrons. The molecule has 0 rings (SSSR count). The Bertz CT molecular complexity index is 528. The SMILES string of the molecule is CCCCCCCCCC[N](CCCCCCCCCC)[Ti+]([O]CCCCCC)[N](CCCCCCCCCC)CCCCCCCCCC.[Cl-]. The van der Waals surface area contributed by atoms with Gasteiger partial charge in [0.15, 0.2) is 0 Å². The van der Waals surface area contributed by atoms with Gasteiger partial charge in [-0.25, -0.2) is 0 Å². The average molecular weight is 778 g/mol. The third-order valence-electron chi connectivity index (χ3n) is 10.9. The number of hydrogen-bond donors (Lipinski definition) is 0. The van der Waals surface area contributed by atoms with Gasteiger partial charge < -0.3 is 12.4 Å². The van der Waals surface area contributed by atoms with Crippen molar-refractivity contribution in [1.82, 2.24) is 6.76 Å². The second-order valence-electron chi connectivity index (χ2n) is 16.1. The van der Waals surface area contributed by atoms with Gasteiger partial charge in [-0.1, -0.05) is 0 Å². The van der Waals surface area contributed by atoms with Crippen LogP contribution in [0.3, 0.4) is 0 Å². The van der Waals surface area contributed by atoms with Crippen LogP contribution in [0.4, 0.5) is 0 Å². The quantitative estimate of drug-likeness (QED) is 0.0453. The van der Waals surface area contributed by atoms with Crippen molar-refractivity contribution in [1.29, 1.82) is 0 Å². The Hall–Kier alpha value is 0.884. The minimum absolute atomic E-state index is 0. The Morgan fingerprint density at radius 2 is 0.471 bits per heavy atom. The Labute approximate surface area is 338 Å². The van der Waals surface area contributed by atoms with Crippen LogP contribution < -0.4 is 12.4 Å². The molecule has 0 heterocycles. The molecule has 0 saturated carbocycles. The zero-order valence-corrected chi connectivity index (χ0v) is 38.5. The Balaban J connectivity index is 0. The fraction of sp³-hybridized carbons (Fsp3) is 1.00. The Kier molecular flexibility index (Phi) is 49.8. The normalized spacial score (nSPS) is 11.6. The van der Waals surface area contributed by atoms with E-state index in [1.54, 1.807) is 0 Å². The summed E-state index contributed by atoms with van der Waals surface area (Å²) in [6.07, 6.45) is 50.6. The van der Waals surface area contributed by atoms with Gasteiger partial charge >= 0.3 is 327 Å². The van der Waals surface area contributed by atoms with Crippen LogP contribution in [0.15, 0.2) is 0 Å². The standard InChI is InChI=1S/2C20H42N.C6H13O.ClH.Ti/c2*1-3-5-7-9-11-13-15-17-19-21-20-18-16-14-12-10-8-6-4-2;1-2-3-4-5-6-7;;/h2*3-20H2,1-2H3;2-6H2,1H3;1H;/q3*-1;;+4/p-1. The molecule has 0 saturated heterocycles. The number of hydrogen-bond acceptors (Lipinski definition) is 3. The smallest absolute Gasteiger partial charge is 1.00 e. The topological polar surface area (TPSA) is 15.7 Å². The zero-order chi connectivity index (χ0) is 36.4. The van der Waals surface area contributed by atoms with Crippen LogP contribution in [0.5, 0.6) is 0 Å². The monoisotopic (exact) mass is 777 g/mol. The molecular weight excluding hydrogens is 680 g/mol. The molecular formula is C46H97ClN2OTi. The summed E-state index contributed by atoms with van der Waals surface area (Å²) in [6.45, 7) is 17.9. The molecule has 0 bridgehead atoms. The molecule has 0 atom stereocenters. The van der Waals surface area contributed by atoms with E-state index < -0.39 is 18.8 Å². The van der Waals surface area contributed by atoms with Crippen LogP contribution in [0.25, 0.3) is 0 Å². The van der Waals surface area contributed by atoms with Gasteiger partial charge in [-0.2, -0.15) is 0 Å². The molecule has 0 N–H and O–H groups in total. The van der Waals surface area contributed by atoms with Crippen LogP contribution in [0.1, 0.15) is 266 Å². The van der Waals surface area contributed by atoms with Crippen LogP contribution in [-0.2, 0) is 22.1 Å². The molecule has 5 heteroatoms. The van der Waals surface area contributed by atoms with E-state index in [9.17, 15) is 0 Å². The predicted molar refractivity (Wildman–Crippen MR) is 224 cm³/mol. The molecule has 0 spiro atoms. The van der Waals surface area contributed by atoms with E-state index in [2.05, 4.69) is 41.4 Å². The summed E-state index contributed by atoms with van der Waals surface area (Å²) >= 11 is -2.01. The molecule has 0 aliphatic heterocycles. The van der Waals surface area contributed by atoms with Crippen molar-refractivity contribution < 1.29 is 34.5 Å². The van der Waals surface area contributed by atoms with E-state index >= 15 is 0 Å². The van der Waals surface area contributed by atoms with Crippen LogP contribution in [0.2, 0.25) is 0 Å². The molecule has 51 heavy (non-hydrogen) atoms. The van der Waals surface area contributed by atoms with Gasteiger partial charge in [-0.3, -0.25) is 0 Å². The Morgan fingerprint density at radius 3 is 0.706 bits per heavy atom. The summed E-state index contributed by atoms with van der Waals surface area (Å²) in [5.41, 5.74) is 0. The maximum absolute atomic E-state index is 7.22. The molecule has 0 unspecified atom stereocenters. The van der Waals surface area contributed by atoms with Gasteiger partial charge in [0.2, 0.25) is 0 Å². The van der Waals surface area contributed by atoms with Gasteiger partial charge in [0, 0.05) is 0 Å². The van der Waals surface area contributed by atoms with Crippen molar-refractivity contribution in [3.63, 3.8) is 0 Å². The van der Waals surface area contributed by atoms with E-state index in [-0.39, 0.29) is 12.4 Å². The summed E-state index contributed by atoms with van der Waals surface area (Å²) < 4.78 is 13.2. The summed E-state index contributed by atoms with van der Waals surface area (Å²) in [5.74, 6) is 0. The molecule has 3 nitrogen and oxygen atoms in total. The van der Waals surface area contributed by atoms with Crippen LogP contribution in [0, 0.1) is 0 Å². The first-order chi connectivity index (χ1) is 24.7. The zero-order valence-electron chi connectivity index (χ0n) is 36.2. The van der Waals surface area contributed by atoms with E-state index in [1.165, 1.54) is 257 Å². The third-order valence-corrected chi connectivity index (χ3v) is 14.7. The van der Waals surface area contributed by atoms with Crippen molar-refractivity contribution in [2.45, 2.75) is 266 Å². The summed E-state index contributed by atoms with van der Waals surface area (Å²) in [4.78, 5) is 0. The summed E-state index contributed by atoms with van der Waals surface area (Å²) in [5, 5.41) is 0. The molecule has 0 aromatic rings. The van der Waals surface area contributed by atoms with E-state index in [0.717, 1.165) is 6.61 Å². The molecule has 0 fully saturated rings. The van der Waals surface area contributed by atoms with Crippen molar-refractivity contribution in [3.05, 3.63) is 0 Å². The van der Waals surface area contributed by atoms with Gasteiger partial charge in [0.1, 0.15) is 0 Å². The van der Waals surface area contributed by atoms with Crippen molar-refractivity contribution in [2.75, 3.05) is 32.8 Å². The minimum atomic E-state index is -2.01. The molecule has 0 aliphatic rings. The number of halogens is 1. The second kappa shape index (κ2) is 47.0. The number of unbranched alkanes of at least 4 members (excludes halogenated alkanes) is 31. The number of rotatable bonds is 44. The maximum atomic E-state index is 7.22. The second-order valence-corrected chi connectivity index (χ2v) is 19.4. The third kappa shape index (κ3) is 38.9. The van der Waals surface area contributed by atoms with Crippen LogP contribution >= 0.6 is 0 Å². The average Bonchev–Trinajstić information content (AvgIpc) is 3.13. The van der Waals surface area contributed by atoms with E-state index in [4.69, 9.17) is 3.32 Å². The molecule has 0 aliphatic carbocycles. The van der Waals surface area contributed by atoms with E-state index in [0.29, 0.717) is 0 Å². The van der Waals surface area contributed by atoms with Gasteiger partial charge in [0.05, 0.1) is 0 Å². The van der Waals surface area contributed by atoms with E-state index in [1.807, 2.05) is 0 Å². The van der Waals surface area contributed by atoms with Crippen molar-refractivity contribution >= 4 is 0 Å². The van der Waals surface area contributed by atoms with Gasteiger partial charge in [-0.15, -0.1) is 0 Å². The first kappa shape index (κ1) is 54.0. The largest absolute Gasteiger partial charge is 1.00 e. The first-order valence-electron chi connectivity index (χ1n) is 23.7. The summed E-state index contributed by atoms with van der Waals surface area (Å²) in [7, 11) is 0. The fourth-order valence-electron chi connectivity index (χ4n) is 7.43. The van der Waals surface area contributed by atoms with Gasteiger partial charge in [-0.05, 0) is 0 Å². The molecule has 0 amide bonds. The predicted octanol–water partition coefficient (Wildman–Crippen LogP) is 13.1. The molecule has 0 aromatic carbocycles. The van der Waals surface area contributed by atoms with Gasteiger partial charge in [0.25, 0.3) is 0 Å². The van der Waals surface area contributed by atoms with Crippen molar-refractivity contribution in [2.24, 2.45) is 0 Å². The first-order valence-corrected chi connectivity index (χ1v) is 25.8. The Morgan fingerprint density at radius 1 is 0.275 bits per heavy atom.